The van der Waals surface area contributed by atoms with Crippen molar-refractivity contribution in [3.63, 3.8) is 0 Å². The van der Waals surface area contributed by atoms with Gasteiger partial charge >= 0.3 is 5.97 Å². The van der Waals surface area contributed by atoms with E-state index in [-0.39, 0.29) is 5.69 Å². The highest BCUT2D eigenvalue weighted by Crippen LogP contribution is 2.14. The maximum Gasteiger partial charge on any atom is 0.326 e. The van der Waals surface area contributed by atoms with Crippen LogP contribution in [0.4, 0.5) is 5.69 Å². The fourth-order valence-corrected chi connectivity index (χ4v) is 2.09. The Kier molecular flexibility index (Phi) is 3.89. The average Bonchev–Trinajstić information content (AvgIpc) is 2.43. The van der Waals surface area contributed by atoms with Crippen LogP contribution in [0.3, 0.4) is 0 Å². The summed E-state index contributed by atoms with van der Waals surface area (Å²) in [4.78, 5) is 23.3. The van der Waals surface area contributed by atoms with E-state index in [0.29, 0.717) is 12.1 Å². The van der Waals surface area contributed by atoms with E-state index in [9.17, 15) is 9.59 Å². The Balaban J connectivity index is 2.50. The summed E-state index contributed by atoms with van der Waals surface area (Å²) in [5.74, 6) is -1.06. The molecule has 1 aromatic heterocycles. The number of aromatic nitrogens is 1. The molecule has 20 heavy (non-hydrogen) atoms. The van der Waals surface area contributed by atoms with Crippen molar-refractivity contribution < 1.29 is 9.90 Å². The minimum Gasteiger partial charge on any atom is -0.480 e. The molecule has 1 heterocycles. The average molecular weight is 272 g/mol. The molecule has 2 aromatic rings. The molecule has 1 aromatic carbocycles. The molecule has 2 rings (SSSR count). The topological polar surface area (TPSA) is 85.3 Å². The summed E-state index contributed by atoms with van der Waals surface area (Å²) < 4.78 is 1.24. The first-order valence-corrected chi connectivity index (χ1v) is 6.27. The zero-order valence-corrected chi connectivity index (χ0v) is 11.1. The van der Waals surface area contributed by atoms with Gasteiger partial charge in [0.2, 0.25) is 0 Å². The fourth-order valence-electron chi connectivity index (χ4n) is 2.09. The molecule has 0 saturated heterocycles. The predicted molar refractivity (Wildman–Crippen MR) is 76.7 cm³/mol. The molecule has 0 aliphatic carbocycles. The number of anilines is 1. The Bertz CT molecular complexity index is 677. The number of aliphatic carboxylic acids is 1. The summed E-state index contributed by atoms with van der Waals surface area (Å²) in [6, 6.07) is 11.8. The second-order valence-electron chi connectivity index (χ2n) is 4.63. The third-order valence-electron chi connectivity index (χ3n) is 3.20. The Morgan fingerprint density at radius 2 is 1.90 bits per heavy atom. The van der Waals surface area contributed by atoms with Crippen LogP contribution in [0, 0.1) is 0 Å². The molecule has 0 radical (unpaired) electrons. The highest BCUT2D eigenvalue weighted by atomic mass is 16.4. The van der Waals surface area contributed by atoms with Crippen molar-refractivity contribution in [3.8, 4) is 0 Å². The molecule has 0 amide bonds. The molecule has 3 N–H and O–H groups in total. The van der Waals surface area contributed by atoms with Crippen molar-refractivity contribution in [1.29, 1.82) is 0 Å². The van der Waals surface area contributed by atoms with Gasteiger partial charge in [0.25, 0.3) is 5.56 Å². The maximum atomic E-state index is 12.1. The van der Waals surface area contributed by atoms with Crippen LogP contribution >= 0.6 is 0 Å². The second kappa shape index (κ2) is 5.61. The van der Waals surface area contributed by atoms with E-state index in [1.54, 1.807) is 6.07 Å². The Hall–Kier alpha value is -2.56. The van der Waals surface area contributed by atoms with Gasteiger partial charge in [0.15, 0.2) is 0 Å². The van der Waals surface area contributed by atoms with Gasteiger partial charge in [0, 0.05) is 12.1 Å². The summed E-state index contributed by atoms with van der Waals surface area (Å²) in [5, 5.41) is 9.14. The molecule has 0 saturated carbocycles. The largest absolute Gasteiger partial charge is 0.480 e. The maximum absolute atomic E-state index is 12.1. The normalized spacial score (nSPS) is 12.1. The van der Waals surface area contributed by atoms with Crippen molar-refractivity contribution in [2.45, 2.75) is 19.4 Å². The molecule has 0 fully saturated rings. The van der Waals surface area contributed by atoms with Crippen LogP contribution in [0.2, 0.25) is 0 Å². The number of nitrogen functional groups attached to an aromatic ring is 1. The predicted octanol–water partition coefficient (Wildman–Crippen LogP) is 1.67. The third kappa shape index (κ3) is 2.71. The minimum absolute atomic E-state index is 0.0508. The quantitative estimate of drug-likeness (QED) is 0.886. The number of hydrogen-bond donors (Lipinski definition) is 2. The molecular weight excluding hydrogens is 256 g/mol. The molecule has 0 spiro atoms. The zero-order valence-electron chi connectivity index (χ0n) is 11.1. The first-order chi connectivity index (χ1) is 9.50. The molecular formula is C15H16N2O3. The Morgan fingerprint density at radius 3 is 2.50 bits per heavy atom. The molecule has 5 nitrogen and oxygen atoms in total. The third-order valence-corrected chi connectivity index (χ3v) is 3.20. The Morgan fingerprint density at radius 1 is 1.25 bits per heavy atom. The van der Waals surface area contributed by atoms with Crippen molar-refractivity contribution in [2.75, 3.05) is 5.73 Å². The first-order valence-electron chi connectivity index (χ1n) is 6.27. The summed E-state index contributed by atoms with van der Waals surface area (Å²) in [6.07, 6.45) is 0.480. The van der Waals surface area contributed by atoms with Gasteiger partial charge in [-0.3, -0.25) is 9.36 Å². The highest BCUT2D eigenvalue weighted by molar-refractivity contribution is 5.71. The van der Waals surface area contributed by atoms with Crippen LogP contribution in [-0.4, -0.2) is 15.6 Å². The molecule has 1 atom stereocenters. The second-order valence-corrected chi connectivity index (χ2v) is 4.63. The number of carbonyl (C=O) groups is 1. The smallest absolute Gasteiger partial charge is 0.326 e. The molecule has 0 bridgehead atoms. The molecule has 0 aliphatic heterocycles. The van der Waals surface area contributed by atoms with E-state index in [1.165, 1.54) is 17.6 Å². The summed E-state index contributed by atoms with van der Waals surface area (Å²) >= 11 is 0. The number of nitrogens with two attached hydrogens (primary N) is 1. The van der Waals surface area contributed by atoms with Crippen LogP contribution < -0.4 is 11.3 Å². The number of carboxylic acids is 1. The SMILES string of the molecule is CC(C(=O)O)n1c(Cc2ccccc2)ccc(N)c1=O. The van der Waals surface area contributed by atoms with Crippen LogP contribution in [0.5, 0.6) is 0 Å². The van der Waals surface area contributed by atoms with Gasteiger partial charge in [0.05, 0.1) is 5.69 Å². The summed E-state index contributed by atoms with van der Waals surface area (Å²) in [7, 11) is 0. The van der Waals surface area contributed by atoms with Crippen molar-refractivity contribution in [2.24, 2.45) is 0 Å². The highest BCUT2D eigenvalue weighted by Gasteiger charge is 2.19. The number of carboxylic acid groups (broad SMARTS) is 1. The van der Waals surface area contributed by atoms with Gasteiger partial charge in [-0.2, -0.15) is 0 Å². The number of benzene rings is 1. The van der Waals surface area contributed by atoms with Gasteiger partial charge in [-0.25, -0.2) is 4.79 Å². The van der Waals surface area contributed by atoms with Crippen molar-refractivity contribution in [1.82, 2.24) is 4.57 Å². The number of hydrogen-bond acceptors (Lipinski definition) is 3. The van der Waals surface area contributed by atoms with Crippen molar-refractivity contribution >= 4 is 11.7 Å². The monoisotopic (exact) mass is 272 g/mol. The number of nitrogens with zero attached hydrogens (tertiary/aromatic N) is 1. The van der Waals surface area contributed by atoms with Crippen molar-refractivity contribution in [3.05, 3.63) is 64.1 Å². The van der Waals surface area contributed by atoms with E-state index in [4.69, 9.17) is 10.8 Å². The van der Waals surface area contributed by atoms with E-state index in [1.807, 2.05) is 30.3 Å². The number of rotatable bonds is 4. The lowest BCUT2D eigenvalue weighted by Crippen LogP contribution is -2.32. The summed E-state index contributed by atoms with van der Waals surface area (Å²) in [6.45, 7) is 1.47. The molecule has 5 heteroatoms. The number of pyridine rings is 1. The lowest BCUT2D eigenvalue weighted by molar-refractivity contribution is -0.140. The van der Waals surface area contributed by atoms with Gasteiger partial charge in [-0.15, -0.1) is 0 Å². The fraction of sp³-hybridized carbons (Fsp3) is 0.200. The lowest BCUT2D eigenvalue weighted by Gasteiger charge is -2.17. The zero-order chi connectivity index (χ0) is 14.7. The molecule has 0 aliphatic rings. The minimum atomic E-state index is -1.06. The van der Waals surface area contributed by atoms with E-state index in [0.717, 1.165) is 5.56 Å². The van der Waals surface area contributed by atoms with Gasteiger partial charge in [0.1, 0.15) is 6.04 Å². The molecule has 1 unspecified atom stereocenters. The van der Waals surface area contributed by atoms with Crippen LogP contribution in [-0.2, 0) is 11.2 Å². The summed E-state index contributed by atoms with van der Waals surface area (Å²) in [5.41, 5.74) is 6.81. The first kappa shape index (κ1) is 13.9. The van der Waals surface area contributed by atoms with Gasteiger partial charge < -0.3 is 10.8 Å². The van der Waals surface area contributed by atoms with E-state index < -0.39 is 17.6 Å². The molecule has 104 valence electrons. The van der Waals surface area contributed by atoms with Crippen LogP contribution in [0.25, 0.3) is 0 Å². The van der Waals surface area contributed by atoms with Gasteiger partial charge in [-0.1, -0.05) is 30.3 Å². The standard InChI is InChI=1S/C15H16N2O3/c1-10(15(19)20)17-12(7-8-13(16)14(17)18)9-11-5-3-2-4-6-11/h2-8,10H,9,16H2,1H3,(H,19,20). The van der Waals surface area contributed by atoms with Crippen LogP contribution in [0.1, 0.15) is 24.2 Å². The Labute approximate surface area is 116 Å². The van der Waals surface area contributed by atoms with Gasteiger partial charge in [-0.05, 0) is 24.6 Å². The van der Waals surface area contributed by atoms with E-state index in [2.05, 4.69) is 0 Å². The lowest BCUT2D eigenvalue weighted by atomic mass is 10.1. The van der Waals surface area contributed by atoms with E-state index >= 15 is 0 Å². The van der Waals surface area contributed by atoms with Crippen LogP contribution in [0.15, 0.2) is 47.3 Å².